The van der Waals surface area contributed by atoms with E-state index in [0.717, 1.165) is 15.8 Å². The van der Waals surface area contributed by atoms with Crippen LogP contribution in [0.5, 0.6) is 0 Å². The molecule has 10 heteroatoms. The third-order valence-corrected chi connectivity index (χ3v) is 7.76. The lowest BCUT2D eigenvalue weighted by atomic mass is 9.89. The van der Waals surface area contributed by atoms with Gasteiger partial charge in [0.2, 0.25) is 0 Å². The number of aromatic nitrogens is 2. The van der Waals surface area contributed by atoms with Gasteiger partial charge in [-0.1, -0.05) is 71.2 Å². The summed E-state index contributed by atoms with van der Waals surface area (Å²) in [6.07, 6.45) is 3.19. The Balaban J connectivity index is 0.000000135. The number of thiophene rings is 2. The van der Waals surface area contributed by atoms with Gasteiger partial charge in [0, 0.05) is 26.6 Å². The molecule has 0 spiro atoms. The van der Waals surface area contributed by atoms with Crippen LogP contribution in [0.15, 0.2) is 97.3 Å². The highest BCUT2D eigenvalue weighted by Gasteiger charge is 2.13. The molecule has 2 aromatic carbocycles. The minimum atomic E-state index is -1.35. The van der Waals surface area contributed by atoms with E-state index in [0.29, 0.717) is 20.0 Å². The Hall–Kier alpha value is -2.49. The van der Waals surface area contributed by atoms with Crippen molar-refractivity contribution < 1.29 is 10.0 Å². The van der Waals surface area contributed by atoms with Crippen molar-refractivity contribution >= 4 is 89.5 Å². The molecule has 0 aliphatic carbocycles. The minimum absolute atomic E-state index is 0.467. The first-order valence-electron chi connectivity index (χ1n) is 10.6. The second-order valence-corrected chi connectivity index (χ2v) is 10.8. The molecule has 0 bridgehead atoms. The van der Waals surface area contributed by atoms with E-state index >= 15 is 0 Å². The van der Waals surface area contributed by atoms with E-state index in [9.17, 15) is 0 Å². The van der Waals surface area contributed by atoms with Crippen LogP contribution in [0, 0.1) is 0 Å². The van der Waals surface area contributed by atoms with Crippen molar-refractivity contribution in [2.24, 2.45) is 0 Å². The number of nitrogens with zero attached hydrogens (tertiary/aromatic N) is 2. The van der Waals surface area contributed by atoms with E-state index in [1.165, 1.54) is 32.5 Å². The fourth-order valence-corrected chi connectivity index (χ4v) is 5.43. The normalized spacial score (nSPS) is 10.4. The highest BCUT2D eigenvalue weighted by Crippen LogP contribution is 2.32. The summed E-state index contributed by atoms with van der Waals surface area (Å²) in [5, 5.41) is 21.8. The first kappa shape index (κ1) is 26.6. The molecule has 0 saturated heterocycles. The predicted molar refractivity (Wildman–Crippen MR) is 156 cm³/mol. The second-order valence-electron chi connectivity index (χ2n) is 7.37. The number of halogens is 3. The van der Waals surface area contributed by atoms with Gasteiger partial charge in [-0.2, -0.15) is 0 Å². The van der Waals surface area contributed by atoms with Crippen molar-refractivity contribution in [1.29, 1.82) is 0 Å². The number of hydrogen-bond acceptors (Lipinski definition) is 6. The third-order valence-electron chi connectivity index (χ3n) is 4.80. The van der Waals surface area contributed by atoms with Crippen molar-refractivity contribution in [3.8, 4) is 10.6 Å². The maximum Gasteiger partial charge on any atom is 0.499 e. The molecule has 36 heavy (non-hydrogen) atoms. The minimum Gasteiger partial charge on any atom is -0.423 e. The van der Waals surface area contributed by atoms with Crippen LogP contribution in [0.4, 0.5) is 0 Å². The molecule has 6 rings (SSSR count). The zero-order valence-electron chi connectivity index (χ0n) is 18.6. The molecule has 0 amide bonds. The molecule has 0 aliphatic heterocycles. The molecule has 2 N–H and O–H groups in total. The molecule has 6 aromatic rings. The van der Waals surface area contributed by atoms with Gasteiger partial charge in [0.05, 0.1) is 20.6 Å². The quantitative estimate of drug-likeness (QED) is 0.166. The van der Waals surface area contributed by atoms with E-state index < -0.39 is 7.12 Å². The molecule has 180 valence electrons. The molecule has 0 unspecified atom stereocenters. The van der Waals surface area contributed by atoms with Crippen LogP contribution >= 0.6 is 57.5 Å². The van der Waals surface area contributed by atoms with Gasteiger partial charge in [0.15, 0.2) is 0 Å². The van der Waals surface area contributed by atoms with Crippen LogP contribution < -0.4 is 4.78 Å². The van der Waals surface area contributed by atoms with Gasteiger partial charge in [-0.3, -0.25) is 4.98 Å². The van der Waals surface area contributed by atoms with Crippen LogP contribution in [0.1, 0.15) is 0 Å². The number of fused-ring (bicyclic) bond motifs is 2. The summed E-state index contributed by atoms with van der Waals surface area (Å²) >= 11 is 19.9. The average molecular weight is 572 g/mol. The van der Waals surface area contributed by atoms with Gasteiger partial charge in [-0.15, -0.1) is 22.7 Å². The Morgan fingerprint density at radius 1 is 0.639 bits per heavy atom. The third kappa shape index (κ3) is 7.27. The Morgan fingerprint density at radius 2 is 1.22 bits per heavy atom. The Kier molecular flexibility index (Phi) is 9.34. The fraction of sp³-hybridized carbons (Fsp3) is 0. The summed E-state index contributed by atoms with van der Waals surface area (Å²) in [6, 6.07) is 27.2. The van der Waals surface area contributed by atoms with E-state index in [2.05, 4.69) is 34.2 Å². The number of rotatable bonds is 2. The Morgan fingerprint density at radius 3 is 1.72 bits per heavy atom. The summed E-state index contributed by atoms with van der Waals surface area (Å²) in [7, 11) is -1.35. The fourth-order valence-electron chi connectivity index (χ4n) is 3.12. The van der Waals surface area contributed by atoms with Crippen LogP contribution in [0.25, 0.3) is 30.7 Å². The predicted octanol–water partition coefficient (Wildman–Crippen LogP) is 7.59. The molecular weight excluding hydrogens is 554 g/mol. The molecule has 0 radical (unpaired) electrons. The molecular formula is C26H18BCl3N2O2S2. The first-order valence-corrected chi connectivity index (χ1v) is 13.4. The number of benzene rings is 2. The lowest BCUT2D eigenvalue weighted by Gasteiger charge is -1.94. The molecule has 4 nitrogen and oxygen atoms in total. The van der Waals surface area contributed by atoms with Crippen molar-refractivity contribution in [1.82, 2.24) is 9.97 Å². The van der Waals surface area contributed by atoms with Crippen molar-refractivity contribution in [2.45, 2.75) is 0 Å². The lowest BCUT2D eigenvalue weighted by molar-refractivity contribution is 0.427. The summed E-state index contributed by atoms with van der Waals surface area (Å²) in [5.41, 5.74) is 0.977. The summed E-state index contributed by atoms with van der Waals surface area (Å²) in [5.74, 6) is 0. The summed E-state index contributed by atoms with van der Waals surface area (Å²) in [6.45, 7) is 0. The largest absolute Gasteiger partial charge is 0.499 e. The zero-order chi connectivity index (χ0) is 25.5. The smallest absolute Gasteiger partial charge is 0.423 e. The lowest BCUT2D eigenvalue weighted by Crippen LogP contribution is -2.26. The summed E-state index contributed by atoms with van der Waals surface area (Å²) < 4.78 is 2.96. The molecule has 0 aliphatic rings. The van der Waals surface area contributed by atoms with E-state index in [-0.39, 0.29) is 0 Å². The SMILES string of the molecule is Clc1ccc(-c2cc3ccccc3s2)nc1.Clc1ccc(Cl)nc1.OB(O)c1cc2ccccc2s1. The summed E-state index contributed by atoms with van der Waals surface area (Å²) in [4.78, 5) is 9.21. The van der Waals surface area contributed by atoms with Crippen LogP contribution in [-0.4, -0.2) is 27.1 Å². The van der Waals surface area contributed by atoms with Crippen molar-refractivity contribution in [3.63, 3.8) is 0 Å². The average Bonchev–Trinajstić information content (AvgIpc) is 3.52. The second kappa shape index (κ2) is 12.7. The van der Waals surface area contributed by atoms with Gasteiger partial charge in [0.25, 0.3) is 0 Å². The van der Waals surface area contributed by atoms with E-state index in [4.69, 9.17) is 44.9 Å². The highest BCUT2D eigenvalue weighted by atomic mass is 35.5. The van der Waals surface area contributed by atoms with Crippen molar-refractivity contribution in [3.05, 3.63) is 113 Å². The Bertz CT molecular complexity index is 1470. The van der Waals surface area contributed by atoms with E-state index in [1.807, 2.05) is 42.5 Å². The van der Waals surface area contributed by atoms with Gasteiger partial charge >= 0.3 is 7.12 Å². The molecule has 4 heterocycles. The molecule has 0 saturated carbocycles. The maximum absolute atomic E-state index is 8.89. The van der Waals surface area contributed by atoms with Crippen LogP contribution in [-0.2, 0) is 0 Å². The van der Waals surface area contributed by atoms with Gasteiger partial charge < -0.3 is 10.0 Å². The standard InChI is InChI=1S/C13H8ClNS.C8H7BO2S.C5H3Cl2N/c14-10-5-6-11(15-8-10)13-7-9-3-1-2-4-12(9)16-13;10-9(11)8-5-6-3-1-2-4-7(6)12-8;6-4-1-2-5(7)8-3-4/h1-8H;1-5,10-11H;1-3H. The first-order chi connectivity index (χ1) is 17.4. The maximum atomic E-state index is 8.89. The van der Waals surface area contributed by atoms with Gasteiger partial charge in [-0.25, -0.2) is 4.98 Å². The molecule has 0 atom stereocenters. The monoisotopic (exact) mass is 570 g/mol. The number of hydrogen-bond donors (Lipinski definition) is 2. The highest BCUT2D eigenvalue weighted by molar-refractivity contribution is 7.27. The topological polar surface area (TPSA) is 66.2 Å². The van der Waals surface area contributed by atoms with Gasteiger partial charge in [0.1, 0.15) is 5.15 Å². The zero-order valence-corrected chi connectivity index (χ0v) is 22.5. The Labute approximate surface area is 231 Å². The van der Waals surface area contributed by atoms with Crippen LogP contribution in [0.2, 0.25) is 15.2 Å². The van der Waals surface area contributed by atoms with Crippen LogP contribution in [0.3, 0.4) is 0 Å². The van der Waals surface area contributed by atoms with Gasteiger partial charge in [-0.05, 0) is 59.3 Å². The molecule has 0 fully saturated rings. The van der Waals surface area contributed by atoms with E-state index in [1.54, 1.807) is 35.7 Å². The van der Waals surface area contributed by atoms with Crippen molar-refractivity contribution in [2.75, 3.05) is 0 Å². The molecule has 4 aromatic heterocycles. The number of pyridine rings is 2.